The summed E-state index contributed by atoms with van der Waals surface area (Å²) in [6.07, 6.45) is 3.84. The van der Waals surface area contributed by atoms with Crippen molar-refractivity contribution in [2.45, 2.75) is 47.6 Å². The van der Waals surface area contributed by atoms with Crippen molar-refractivity contribution in [2.24, 2.45) is 5.73 Å². The minimum Gasteiger partial charge on any atom is -0.381 e. The number of aromatic nitrogens is 2. The van der Waals surface area contributed by atoms with Crippen LogP contribution in [-0.2, 0) is 4.79 Å². The van der Waals surface area contributed by atoms with Crippen LogP contribution in [0.15, 0.2) is 82.8 Å². The first-order chi connectivity index (χ1) is 19.3. The molecule has 3 aromatic carbocycles. The van der Waals surface area contributed by atoms with E-state index in [0.717, 1.165) is 36.6 Å². The number of nitrogen functional groups attached to an aromatic ring is 1. The first-order valence-corrected chi connectivity index (χ1v) is 14.6. The Kier molecular flexibility index (Phi) is 7.16. The highest BCUT2D eigenvalue weighted by molar-refractivity contribution is 7.99. The summed E-state index contributed by atoms with van der Waals surface area (Å²) >= 11 is 8.10. The summed E-state index contributed by atoms with van der Waals surface area (Å²) in [5, 5.41) is 4.04. The number of nitrogens with zero attached hydrogens (tertiary/aromatic N) is 3. The molecule has 2 heterocycles. The van der Waals surface area contributed by atoms with Gasteiger partial charge in [0.25, 0.3) is 0 Å². The number of halogens is 1. The lowest BCUT2D eigenvalue weighted by Gasteiger charge is -2.37. The average molecular weight is 571 g/mol. The van der Waals surface area contributed by atoms with E-state index in [1.54, 1.807) is 12.3 Å². The molecule has 40 heavy (non-hydrogen) atoms. The number of nitrogens with two attached hydrogens (primary N) is 2. The molecule has 0 saturated carbocycles. The molecule has 2 aliphatic rings. The number of fused-ring (bicyclic) bond motifs is 3. The maximum absolute atomic E-state index is 13.3. The highest BCUT2D eigenvalue weighted by Gasteiger charge is 2.30. The van der Waals surface area contributed by atoms with Gasteiger partial charge in [-0.3, -0.25) is 4.79 Å². The van der Waals surface area contributed by atoms with Crippen LogP contribution < -0.4 is 21.7 Å². The van der Waals surface area contributed by atoms with Crippen LogP contribution in [0.3, 0.4) is 0 Å². The van der Waals surface area contributed by atoms with Crippen LogP contribution in [0.5, 0.6) is 0 Å². The van der Waals surface area contributed by atoms with Crippen molar-refractivity contribution in [3.8, 4) is 11.1 Å². The van der Waals surface area contributed by atoms with E-state index in [1.165, 1.54) is 34.0 Å². The third-order valence-corrected chi connectivity index (χ3v) is 9.36. The van der Waals surface area contributed by atoms with E-state index >= 15 is 0 Å². The Balaban J connectivity index is 1.16. The van der Waals surface area contributed by atoms with Crippen LogP contribution in [0.2, 0.25) is 5.02 Å². The predicted molar refractivity (Wildman–Crippen MR) is 163 cm³/mol. The van der Waals surface area contributed by atoms with Gasteiger partial charge in [-0.2, -0.15) is 0 Å². The SMILES string of the molecule is CC1(N)CCN(c2cnc(Sc3cccc(NC(=O)CC4c5ccccc5-c5ccccc54)c3Cl)c(N)n2)CC1. The Morgan fingerprint density at radius 3 is 2.35 bits per heavy atom. The molecule has 1 saturated heterocycles. The maximum atomic E-state index is 13.3. The number of hydrogen-bond donors (Lipinski definition) is 3. The van der Waals surface area contributed by atoms with Crippen LogP contribution in [0, 0.1) is 0 Å². The van der Waals surface area contributed by atoms with Crippen LogP contribution in [0.4, 0.5) is 17.3 Å². The Morgan fingerprint density at radius 1 is 1.05 bits per heavy atom. The van der Waals surface area contributed by atoms with Crippen molar-refractivity contribution in [1.29, 1.82) is 0 Å². The fourth-order valence-electron chi connectivity index (χ4n) is 5.52. The molecule has 204 valence electrons. The van der Waals surface area contributed by atoms with Crippen molar-refractivity contribution >= 4 is 46.6 Å². The van der Waals surface area contributed by atoms with Crippen LogP contribution in [0.1, 0.15) is 43.2 Å². The molecule has 0 unspecified atom stereocenters. The zero-order valence-electron chi connectivity index (χ0n) is 22.2. The van der Waals surface area contributed by atoms with Gasteiger partial charge in [-0.25, -0.2) is 9.97 Å². The van der Waals surface area contributed by atoms with E-state index in [9.17, 15) is 4.79 Å². The molecule has 1 aliphatic carbocycles. The smallest absolute Gasteiger partial charge is 0.225 e. The number of amides is 1. The summed E-state index contributed by atoms with van der Waals surface area (Å²) < 4.78 is 0. The summed E-state index contributed by atoms with van der Waals surface area (Å²) in [6.45, 7) is 3.72. The molecule has 0 spiro atoms. The molecule has 6 rings (SSSR count). The van der Waals surface area contributed by atoms with Crippen LogP contribution in [0.25, 0.3) is 11.1 Å². The summed E-state index contributed by atoms with van der Waals surface area (Å²) in [5.41, 5.74) is 17.7. The molecule has 0 atom stereocenters. The van der Waals surface area contributed by atoms with Gasteiger partial charge in [0, 0.05) is 35.9 Å². The number of piperidine rings is 1. The first kappa shape index (κ1) is 26.6. The fourth-order valence-corrected chi connectivity index (χ4v) is 6.62. The third kappa shape index (κ3) is 5.27. The van der Waals surface area contributed by atoms with E-state index in [0.29, 0.717) is 28.0 Å². The molecule has 1 amide bonds. The van der Waals surface area contributed by atoms with E-state index in [4.69, 9.17) is 23.1 Å². The number of nitrogens with one attached hydrogen (secondary N) is 1. The summed E-state index contributed by atoms with van der Waals surface area (Å²) in [7, 11) is 0. The number of rotatable bonds is 6. The van der Waals surface area contributed by atoms with E-state index < -0.39 is 0 Å². The number of carbonyl (C=O) groups is 1. The highest BCUT2D eigenvalue weighted by Crippen LogP contribution is 2.46. The lowest BCUT2D eigenvalue weighted by Crippen LogP contribution is -2.48. The molecule has 0 bridgehead atoms. The Labute approximate surface area is 243 Å². The van der Waals surface area contributed by atoms with Crippen LogP contribution >= 0.6 is 23.4 Å². The van der Waals surface area contributed by atoms with Crippen LogP contribution in [-0.4, -0.2) is 34.5 Å². The van der Waals surface area contributed by atoms with Gasteiger partial charge in [-0.15, -0.1) is 0 Å². The molecule has 1 fully saturated rings. The largest absolute Gasteiger partial charge is 0.381 e. The Hall–Kier alpha value is -3.59. The van der Waals surface area contributed by atoms with Gasteiger partial charge in [0.2, 0.25) is 5.91 Å². The van der Waals surface area contributed by atoms with Gasteiger partial charge >= 0.3 is 0 Å². The van der Waals surface area contributed by atoms with Gasteiger partial charge in [0.15, 0.2) is 5.82 Å². The second-order valence-electron chi connectivity index (χ2n) is 10.8. The van der Waals surface area contributed by atoms with Crippen molar-refractivity contribution in [3.63, 3.8) is 0 Å². The molecule has 1 aromatic heterocycles. The van der Waals surface area contributed by atoms with Gasteiger partial charge in [0.1, 0.15) is 10.8 Å². The molecular weight excluding hydrogens is 540 g/mol. The lowest BCUT2D eigenvalue weighted by atomic mass is 9.91. The molecule has 1 aliphatic heterocycles. The Morgan fingerprint density at radius 2 is 1.70 bits per heavy atom. The Bertz CT molecular complexity index is 1540. The normalized spacial score (nSPS) is 15.9. The third-order valence-electron chi connectivity index (χ3n) is 7.78. The molecule has 0 radical (unpaired) electrons. The topological polar surface area (TPSA) is 110 Å². The minimum atomic E-state index is -0.144. The number of hydrogen-bond acceptors (Lipinski definition) is 7. The summed E-state index contributed by atoms with van der Waals surface area (Å²) in [6, 6.07) is 22.1. The molecule has 9 heteroatoms. The molecule has 4 aromatic rings. The predicted octanol–water partition coefficient (Wildman–Crippen LogP) is 6.32. The summed E-state index contributed by atoms with van der Waals surface area (Å²) in [4.78, 5) is 25.3. The van der Waals surface area contributed by atoms with Gasteiger partial charge < -0.3 is 21.7 Å². The molecule has 5 N–H and O–H groups in total. The van der Waals surface area contributed by atoms with E-state index in [-0.39, 0.29) is 17.4 Å². The van der Waals surface area contributed by atoms with Crippen molar-refractivity contribution in [3.05, 3.63) is 89.1 Å². The zero-order valence-corrected chi connectivity index (χ0v) is 23.8. The van der Waals surface area contributed by atoms with Crippen molar-refractivity contribution in [1.82, 2.24) is 9.97 Å². The summed E-state index contributed by atoms with van der Waals surface area (Å²) in [5.74, 6) is 0.988. The number of anilines is 3. The lowest BCUT2D eigenvalue weighted by molar-refractivity contribution is -0.116. The highest BCUT2D eigenvalue weighted by atomic mass is 35.5. The van der Waals surface area contributed by atoms with Gasteiger partial charge in [-0.05, 0) is 54.2 Å². The first-order valence-electron chi connectivity index (χ1n) is 13.4. The van der Waals surface area contributed by atoms with E-state index in [2.05, 4.69) is 51.4 Å². The van der Waals surface area contributed by atoms with Crippen molar-refractivity contribution < 1.29 is 4.79 Å². The maximum Gasteiger partial charge on any atom is 0.225 e. The van der Waals surface area contributed by atoms with E-state index in [1.807, 2.05) is 36.4 Å². The number of carbonyl (C=O) groups excluding carboxylic acids is 1. The average Bonchev–Trinajstić information content (AvgIpc) is 3.25. The van der Waals surface area contributed by atoms with Crippen molar-refractivity contribution in [2.75, 3.05) is 29.0 Å². The molecule has 7 nitrogen and oxygen atoms in total. The minimum absolute atomic E-state index is 0.00387. The quantitative estimate of drug-likeness (QED) is 0.249. The molecular formula is C31H31ClN6OS. The fraction of sp³-hybridized carbons (Fsp3) is 0.258. The zero-order chi connectivity index (χ0) is 27.9. The number of benzene rings is 3. The monoisotopic (exact) mass is 570 g/mol. The second kappa shape index (κ2) is 10.8. The standard InChI is InChI=1S/C31H31ClN6OS/c1-31(34)13-15-38(16-14-31)26-18-35-30(29(33)37-26)40-25-12-6-11-24(28(25)32)36-27(39)17-23-21-9-4-2-7-19(21)20-8-3-5-10-22(20)23/h2-12,18,23H,13-17,34H2,1H3,(H2,33,37)(H,36,39). The van der Waals surface area contributed by atoms with Gasteiger partial charge in [0.05, 0.1) is 16.9 Å². The van der Waals surface area contributed by atoms with Gasteiger partial charge in [-0.1, -0.05) is 78.0 Å². The second-order valence-corrected chi connectivity index (χ2v) is 12.2.